The van der Waals surface area contributed by atoms with Crippen molar-refractivity contribution >= 4 is 32.4 Å². The number of fused-ring (bicyclic) bond motifs is 1. The van der Waals surface area contributed by atoms with E-state index in [2.05, 4.69) is 16.4 Å². The van der Waals surface area contributed by atoms with Gasteiger partial charge in [-0.3, -0.25) is 0 Å². The van der Waals surface area contributed by atoms with Gasteiger partial charge >= 0.3 is 0 Å². The molecule has 0 radical (unpaired) electrons. The number of nitrogens with zero attached hydrogens (tertiary/aromatic N) is 2. The first-order chi connectivity index (χ1) is 12.5. The van der Waals surface area contributed by atoms with Crippen LogP contribution in [0.2, 0.25) is 0 Å². The number of hydrogen-bond donors (Lipinski definition) is 1. The van der Waals surface area contributed by atoms with Gasteiger partial charge in [0.2, 0.25) is 10.0 Å². The van der Waals surface area contributed by atoms with Crippen molar-refractivity contribution in [3.63, 3.8) is 0 Å². The summed E-state index contributed by atoms with van der Waals surface area (Å²) < 4.78 is 27.0. The van der Waals surface area contributed by atoms with Crippen LogP contribution in [0.25, 0.3) is 10.9 Å². The third kappa shape index (κ3) is 3.30. The zero-order chi connectivity index (χ0) is 18.1. The Morgan fingerprint density at radius 2 is 1.81 bits per heavy atom. The highest BCUT2D eigenvalue weighted by Gasteiger charge is 2.27. The van der Waals surface area contributed by atoms with E-state index in [1.165, 1.54) is 5.56 Å². The molecule has 2 heterocycles. The Balaban J connectivity index is 1.64. The standard InChI is InChI=1S/C20H21N3O2S/c1-15-5-4-6-17(13-15)21-20-10-7-16-14-18(8-9-19(16)22-20)26(24,25)23-11-2-3-12-23/h4-10,13-14H,2-3,11-12H2,1H3,(H,21,22). The Bertz CT molecular complexity index is 1060. The molecular weight excluding hydrogens is 346 g/mol. The SMILES string of the molecule is Cc1cccc(Nc2ccc3cc(S(=O)(=O)N4CCCC4)ccc3n2)c1. The number of anilines is 2. The molecular formula is C20H21N3O2S. The maximum Gasteiger partial charge on any atom is 0.243 e. The molecule has 1 aliphatic rings. The van der Waals surface area contributed by atoms with Gasteiger partial charge in [-0.05, 0) is 67.8 Å². The molecule has 0 atom stereocenters. The number of benzene rings is 2. The summed E-state index contributed by atoms with van der Waals surface area (Å²) in [6.07, 6.45) is 1.87. The molecule has 6 heteroatoms. The quantitative estimate of drug-likeness (QED) is 0.755. The molecule has 0 aliphatic carbocycles. The minimum atomic E-state index is -3.40. The van der Waals surface area contributed by atoms with E-state index in [-0.39, 0.29) is 0 Å². The lowest BCUT2D eigenvalue weighted by molar-refractivity contribution is 0.477. The Labute approximate surface area is 153 Å². The van der Waals surface area contributed by atoms with Crippen molar-refractivity contribution in [2.45, 2.75) is 24.7 Å². The fourth-order valence-electron chi connectivity index (χ4n) is 3.28. The summed E-state index contributed by atoms with van der Waals surface area (Å²) in [7, 11) is -3.40. The fourth-order valence-corrected chi connectivity index (χ4v) is 4.83. The molecule has 0 unspecified atom stereocenters. The van der Waals surface area contributed by atoms with E-state index < -0.39 is 10.0 Å². The van der Waals surface area contributed by atoms with E-state index in [1.807, 2.05) is 37.3 Å². The minimum Gasteiger partial charge on any atom is -0.340 e. The lowest BCUT2D eigenvalue weighted by Gasteiger charge is -2.15. The Kier molecular flexibility index (Phi) is 4.38. The highest BCUT2D eigenvalue weighted by Crippen LogP contribution is 2.25. The molecule has 0 bridgehead atoms. The van der Waals surface area contributed by atoms with Crippen LogP contribution in [0.3, 0.4) is 0 Å². The first-order valence-electron chi connectivity index (χ1n) is 8.77. The average molecular weight is 367 g/mol. The summed E-state index contributed by atoms with van der Waals surface area (Å²) in [4.78, 5) is 4.94. The van der Waals surface area contributed by atoms with Gasteiger partial charge in [-0.25, -0.2) is 13.4 Å². The molecule has 1 saturated heterocycles. The third-order valence-electron chi connectivity index (χ3n) is 4.65. The first kappa shape index (κ1) is 17.0. The highest BCUT2D eigenvalue weighted by molar-refractivity contribution is 7.89. The van der Waals surface area contributed by atoms with Gasteiger partial charge in [-0.2, -0.15) is 4.31 Å². The Hall–Kier alpha value is -2.44. The summed E-state index contributed by atoms with van der Waals surface area (Å²) in [6, 6.07) is 17.0. The molecule has 3 aromatic rings. The van der Waals surface area contributed by atoms with Crippen LogP contribution in [0, 0.1) is 6.92 Å². The van der Waals surface area contributed by atoms with Crippen molar-refractivity contribution in [2.75, 3.05) is 18.4 Å². The normalized spacial score (nSPS) is 15.4. The van der Waals surface area contributed by atoms with Gasteiger partial charge in [0.05, 0.1) is 10.4 Å². The molecule has 0 spiro atoms. The van der Waals surface area contributed by atoms with E-state index in [0.717, 1.165) is 35.2 Å². The first-order valence-corrected chi connectivity index (χ1v) is 10.2. The summed E-state index contributed by atoms with van der Waals surface area (Å²) >= 11 is 0. The zero-order valence-electron chi connectivity index (χ0n) is 14.6. The molecule has 1 N–H and O–H groups in total. The van der Waals surface area contributed by atoms with Gasteiger partial charge in [-0.15, -0.1) is 0 Å². The molecule has 1 aromatic heterocycles. The van der Waals surface area contributed by atoms with Crippen LogP contribution >= 0.6 is 0 Å². The molecule has 1 fully saturated rings. The molecule has 5 nitrogen and oxygen atoms in total. The second-order valence-corrected chi connectivity index (χ2v) is 8.59. The predicted octanol–water partition coefficient (Wildman–Crippen LogP) is 4.07. The van der Waals surface area contributed by atoms with Gasteiger partial charge in [0.15, 0.2) is 0 Å². The van der Waals surface area contributed by atoms with Crippen LogP contribution in [-0.2, 0) is 10.0 Å². The van der Waals surface area contributed by atoms with Crippen molar-refractivity contribution in [1.82, 2.24) is 9.29 Å². The third-order valence-corrected chi connectivity index (χ3v) is 6.55. The molecule has 26 heavy (non-hydrogen) atoms. The molecule has 134 valence electrons. The fraction of sp³-hybridized carbons (Fsp3) is 0.250. The van der Waals surface area contributed by atoms with E-state index >= 15 is 0 Å². The number of rotatable bonds is 4. The van der Waals surface area contributed by atoms with E-state index in [0.29, 0.717) is 18.0 Å². The molecule has 1 aliphatic heterocycles. The van der Waals surface area contributed by atoms with E-state index in [9.17, 15) is 8.42 Å². The lowest BCUT2D eigenvalue weighted by atomic mass is 10.2. The molecule has 2 aromatic carbocycles. The molecule has 4 rings (SSSR count). The zero-order valence-corrected chi connectivity index (χ0v) is 15.5. The highest BCUT2D eigenvalue weighted by atomic mass is 32.2. The molecule has 0 saturated carbocycles. The summed E-state index contributed by atoms with van der Waals surface area (Å²) in [5.41, 5.74) is 2.92. The number of nitrogens with one attached hydrogen (secondary N) is 1. The van der Waals surface area contributed by atoms with Crippen molar-refractivity contribution in [1.29, 1.82) is 0 Å². The lowest BCUT2D eigenvalue weighted by Crippen LogP contribution is -2.27. The van der Waals surface area contributed by atoms with Gasteiger partial charge in [0, 0.05) is 24.2 Å². The molecule has 0 amide bonds. The Morgan fingerprint density at radius 1 is 1.00 bits per heavy atom. The van der Waals surface area contributed by atoms with Crippen LogP contribution in [0.4, 0.5) is 11.5 Å². The van der Waals surface area contributed by atoms with Crippen molar-refractivity contribution in [3.8, 4) is 0 Å². The second kappa shape index (κ2) is 6.70. The van der Waals surface area contributed by atoms with Crippen LogP contribution < -0.4 is 5.32 Å². The monoisotopic (exact) mass is 367 g/mol. The number of pyridine rings is 1. The number of hydrogen-bond acceptors (Lipinski definition) is 4. The van der Waals surface area contributed by atoms with Gasteiger partial charge < -0.3 is 5.32 Å². The summed E-state index contributed by atoms with van der Waals surface area (Å²) in [6.45, 7) is 3.26. The van der Waals surface area contributed by atoms with Gasteiger partial charge in [-0.1, -0.05) is 12.1 Å². The maximum atomic E-state index is 12.7. The van der Waals surface area contributed by atoms with Crippen LogP contribution in [0.15, 0.2) is 59.5 Å². The second-order valence-electron chi connectivity index (χ2n) is 6.66. The maximum absolute atomic E-state index is 12.7. The largest absolute Gasteiger partial charge is 0.340 e. The number of aryl methyl sites for hydroxylation is 1. The van der Waals surface area contributed by atoms with Crippen molar-refractivity contribution in [3.05, 3.63) is 60.2 Å². The van der Waals surface area contributed by atoms with Crippen molar-refractivity contribution < 1.29 is 8.42 Å². The van der Waals surface area contributed by atoms with E-state index in [4.69, 9.17) is 0 Å². The van der Waals surface area contributed by atoms with Gasteiger partial charge in [0.1, 0.15) is 5.82 Å². The van der Waals surface area contributed by atoms with Crippen LogP contribution in [0.5, 0.6) is 0 Å². The topological polar surface area (TPSA) is 62.3 Å². The minimum absolute atomic E-state index is 0.341. The predicted molar refractivity (Wildman–Crippen MR) is 104 cm³/mol. The van der Waals surface area contributed by atoms with Gasteiger partial charge in [0.25, 0.3) is 0 Å². The van der Waals surface area contributed by atoms with Crippen LogP contribution in [0.1, 0.15) is 18.4 Å². The van der Waals surface area contributed by atoms with Crippen LogP contribution in [-0.4, -0.2) is 30.8 Å². The van der Waals surface area contributed by atoms with Crippen molar-refractivity contribution in [2.24, 2.45) is 0 Å². The summed E-state index contributed by atoms with van der Waals surface area (Å²) in [5, 5.41) is 4.11. The number of sulfonamides is 1. The average Bonchev–Trinajstić information content (AvgIpc) is 3.17. The van der Waals surface area contributed by atoms with E-state index in [1.54, 1.807) is 22.5 Å². The summed E-state index contributed by atoms with van der Waals surface area (Å²) in [5.74, 6) is 0.734. The Morgan fingerprint density at radius 3 is 2.58 bits per heavy atom. The number of aromatic nitrogens is 1. The smallest absolute Gasteiger partial charge is 0.243 e.